The highest BCUT2D eigenvalue weighted by Gasteiger charge is 2.22. The van der Waals surface area contributed by atoms with Gasteiger partial charge in [-0.05, 0) is 35.2 Å². The third kappa shape index (κ3) is 3.93. The Morgan fingerprint density at radius 2 is 1.96 bits per heavy atom. The molecule has 23 heavy (non-hydrogen) atoms. The minimum Gasteiger partial charge on any atom is -0.469 e. The number of carbonyl (C=O) groups is 1. The number of hydrogen-bond acceptors (Lipinski definition) is 3. The molecule has 5 heteroatoms. The number of rotatable bonds is 5. The number of carbonyl (C=O) groups excluding carboxylic acids is 1. The van der Waals surface area contributed by atoms with Crippen LogP contribution in [0.3, 0.4) is 0 Å². The number of ether oxygens (including phenoxy) is 1. The van der Waals surface area contributed by atoms with Crippen molar-refractivity contribution in [1.29, 1.82) is 0 Å². The van der Waals surface area contributed by atoms with Crippen molar-refractivity contribution in [2.75, 3.05) is 7.11 Å². The normalized spacial score (nSPS) is 12.0. The zero-order chi connectivity index (χ0) is 17.0. The van der Waals surface area contributed by atoms with Crippen molar-refractivity contribution >= 4 is 5.97 Å². The van der Waals surface area contributed by atoms with Gasteiger partial charge in [0.1, 0.15) is 11.6 Å². The standard InChI is InChI=1S/C18H18F2O3/c1-11-3-4-12(7-13(11)10-21)16(9-18(22)23-2)15-6-5-14(19)8-17(15)20/h3-8,16,21H,9-10H2,1-2H3. The molecule has 0 aliphatic carbocycles. The van der Waals surface area contributed by atoms with Crippen LogP contribution in [-0.2, 0) is 16.1 Å². The highest BCUT2D eigenvalue weighted by Crippen LogP contribution is 2.32. The maximum atomic E-state index is 14.2. The molecule has 1 atom stereocenters. The lowest BCUT2D eigenvalue weighted by molar-refractivity contribution is -0.140. The molecule has 122 valence electrons. The Hall–Kier alpha value is -2.27. The molecule has 0 bridgehead atoms. The Bertz CT molecular complexity index is 713. The van der Waals surface area contributed by atoms with Gasteiger partial charge in [0.25, 0.3) is 0 Å². The Kier molecular flexibility index (Phi) is 5.45. The van der Waals surface area contributed by atoms with Crippen molar-refractivity contribution in [1.82, 2.24) is 0 Å². The molecule has 0 heterocycles. The number of halogens is 2. The summed E-state index contributed by atoms with van der Waals surface area (Å²) in [6.07, 6.45) is -0.0764. The van der Waals surface area contributed by atoms with Gasteiger partial charge in [-0.25, -0.2) is 8.78 Å². The van der Waals surface area contributed by atoms with Crippen LogP contribution in [0.15, 0.2) is 36.4 Å². The predicted molar refractivity (Wildman–Crippen MR) is 81.9 cm³/mol. The van der Waals surface area contributed by atoms with E-state index < -0.39 is 23.5 Å². The average Bonchev–Trinajstić information content (AvgIpc) is 2.53. The Labute approximate surface area is 133 Å². The van der Waals surface area contributed by atoms with Crippen molar-refractivity contribution in [3.63, 3.8) is 0 Å². The summed E-state index contributed by atoms with van der Waals surface area (Å²) < 4.78 is 32.0. The summed E-state index contributed by atoms with van der Waals surface area (Å²) in [7, 11) is 1.26. The number of methoxy groups -OCH3 is 1. The fraction of sp³-hybridized carbons (Fsp3) is 0.278. The molecular formula is C18H18F2O3. The average molecular weight is 320 g/mol. The lowest BCUT2D eigenvalue weighted by Crippen LogP contribution is -2.12. The summed E-state index contributed by atoms with van der Waals surface area (Å²) in [5, 5.41) is 9.40. The second-order valence-electron chi connectivity index (χ2n) is 5.34. The summed E-state index contributed by atoms with van der Waals surface area (Å²) in [4.78, 5) is 11.7. The van der Waals surface area contributed by atoms with E-state index in [1.165, 1.54) is 13.2 Å². The van der Waals surface area contributed by atoms with Gasteiger partial charge in [-0.2, -0.15) is 0 Å². The van der Waals surface area contributed by atoms with Crippen molar-refractivity contribution < 1.29 is 23.4 Å². The first-order valence-corrected chi connectivity index (χ1v) is 7.18. The molecular weight excluding hydrogens is 302 g/mol. The summed E-state index contributed by atoms with van der Waals surface area (Å²) in [6.45, 7) is 1.69. The van der Waals surface area contributed by atoms with Crippen molar-refractivity contribution in [3.05, 3.63) is 70.3 Å². The molecule has 0 saturated heterocycles. The molecule has 0 fully saturated rings. The monoisotopic (exact) mass is 320 g/mol. The smallest absolute Gasteiger partial charge is 0.306 e. The zero-order valence-electron chi connectivity index (χ0n) is 13.0. The summed E-state index contributed by atoms with van der Waals surface area (Å²) in [6, 6.07) is 8.57. The molecule has 2 rings (SSSR count). The Morgan fingerprint density at radius 1 is 1.22 bits per heavy atom. The number of aliphatic hydroxyl groups excluding tert-OH is 1. The summed E-state index contributed by atoms with van der Waals surface area (Å²) >= 11 is 0. The van der Waals surface area contributed by atoms with Crippen molar-refractivity contribution in [2.45, 2.75) is 25.9 Å². The van der Waals surface area contributed by atoms with Crippen molar-refractivity contribution in [2.24, 2.45) is 0 Å². The van der Waals surface area contributed by atoms with Crippen LogP contribution < -0.4 is 0 Å². The molecule has 0 amide bonds. The molecule has 1 unspecified atom stereocenters. The van der Waals surface area contributed by atoms with Crippen LogP contribution in [0.1, 0.15) is 34.6 Å². The minimum absolute atomic E-state index is 0.0764. The maximum Gasteiger partial charge on any atom is 0.306 e. The molecule has 2 aromatic carbocycles. The topological polar surface area (TPSA) is 46.5 Å². The number of esters is 1. The van der Waals surface area contributed by atoms with Crippen molar-refractivity contribution in [3.8, 4) is 0 Å². The quantitative estimate of drug-likeness (QED) is 0.858. The van der Waals surface area contributed by atoms with Crippen LogP contribution in [0.2, 0.25) is 0 Å². The van der Waals surface area contributed by atoms with Crippen LogP contribution in [0, 0.1) is 18.6 Å². The third-order valence-electron chi connectivity index (χ3n) is 3.88. The van der Waals surface area contributed by atoms with E-state index in [0.29, 0.717) is 11.1 Å². The first-order valence-electron chi connectivity index (χ1n) is 7.18. The summed E-state index contributed by atoms with van der Waals surface area (Å²) in [5.74, 6) is -2.51. The van der Waals surface area contributed by atoms with Gasteiger partial charge in [0.2, 0.25) is 0 Å². The minimum atomic E-state index is -0.718. The molecule has 0 spiro atoms. The first kappa shape index (κ1) is 17.1. The second kappa shape index (κ2) is 7.33. The predicted octanol–water partition coefficient (Wildman–Crippen LogP) is 3.46. The van der Waals surface area contributed by atoms with E-state index in [0.717, 1.165) is 17.7 Å². The molecule has 0 saturated carbocycles. The van der Waals surface area contributed by atoms with E-state index in [9.17, 15) is 18.7 Å². The van der Waals surface area contributed by atoms with E-state index in [1.807, 2.05) is 6.92 Å². The lowest BCUT2D eigenvalue weighted by atomic mass is 9.86. The molecule has 2 aromatic rings. The van der Waals surface area contributed by atoms with Gasteiger partial charge in [0.15, 0.2) is 0 Å². The van der Waals surface area contributed by atoms with E-state index in [4.69, 9.17) is 0 Å². The molecule has 0 aliphatic heterocycles. The van der Waals surface area contributed by atoms with E-state index in [-0.39, 0.29) is 18.6 Å². The maximum absolute atomic E-state index is 14.2. The van der Waals surface area contributed by atoms with E-state index >= 15 is 0 Å². The van der Waals surface area contributed by atoms with Crippen LogP contribution in [0.4, 0.5) is 8.78 Å². The molecule has 0 radical (unpaired) electrons. The fourth-order valence-electron chi connectivity index (χ4n) is 2.52. The third-order valence-corrected chi connectivity index (χ3v) is 3.88. The highest BCUT2D eigenvalue weighted by molar-refractivity contribution is 5.71. The number of benzene rings is 2. The van der Waals surface area contributed by atoms with E-state index in [2.05, 4.69) is 4.74 Å². The van der Waals surface area contributed by atoms with Gasteiger partial charge in [0.05, 0.1) is 20.1 Å². The molecule has 1 N–H and O–H groups in total. The van der Waals surface area contributed by atoms with E-state index in [1.54, 1.807) is 18.2 Å². The van der Waals surface area contributed by atoms with Gasteiger partial charge in [-0.1, -0.05) is 24.3 Å². The Balaban J connectivity index is 2.51. The lowest BCUT2D eigenvalue weighted by Gasteiger charge is -2.19. The summed E-state index contributed by atoms with van der Waals surface area (Å²) in [5.41, 5.74) is 2.47. The molecule has 3 nitrogen and oxygen atoms in total. The van der Waals surface area contributed by atoms with Gasteiger partial charge in [0, 0.05) is 12.0 Å². The largest absolute Gasteiger partial charge is 0.469 e. The second-order valence-corrected chi connectivity index (χ2v) is 5.34. The first-order chi connectivity index (χ1) is 11.0. The molecule has 0 aromatic heterocycles. The van der Waals surface area contributed by atoms with Crippen LogP contribution in [0.5, 0.6) is 0 Å². The van der Waals surface area contributed by atoms with Crippen LogP contribution in [0.25, 0.3) is 0 Å². The SMILES string of the molecule is COC(=O)CC(c1ccc(C)c(CO)c1)c1ccc(F)cc1F. The van der Waals surface area contributed by atoms with Gasteiger partial charge in [-0.3, -0.25) is 4.79 Å². The zero-order valence-corrected chi connectivity index (χ0v) is 13.0. The number of hydrogen-bond donors (Lipinski definition) is 1. The molecule has 0 aliphatic rings. The van der Waals surface area contributed by atoms with Gasteiger partial charge < -0.3 is 9.84 Å². The van der Waals surface area contributed by atoms with Crippen LogP contribution >= 0.6 is 0 Å². The van der Waals surface area contributed by atoms with Crippen LogP contribution in [-0.4, -0.2) is 18.2 Å². The number of aliphatic hydroxyl groups is 1. The van der Waals surface area contributed by atoms with Gasteiger partial charge in [-0.15, -0.1) is 0 Å². The Morgan fingerprint density at radius 3 is 2.57 bits per heavy atom. The highest BCUT2D eigenvalue weighted by atomic mass is 19.1. The fourth-order valence-corrected chi connectivity index (χ4v) is 2.52. The number of aryl methyl sites for hydroxylation is 1. The van der Waals surface area contributed by atoms with Gasteiger partial charge >= 0.3 is 5.97 Å².